The van der Waals surface area contributed by atoms with Crippen LogP contribution in [0.15, 0.2) is 0 Å². The molecule has 0 spiro atoms. The quantitative estimate of drug-likeness (QED) is 0.0843. The summed E-state index contributed by atoms with van der Waals surface area (Å²) < 4.78 is 11.6. The van der Waals surface area contributed by atoms with Gasteiger partial charge in [0.05, 0.1) is 12.2 Å². The Morgan fingerprint density at radius 2 is 0.579 bits per heavy atom. The summed E-state index contributed by atoms with van der Waals surface area (Å²) in [6.07, 6.45) is 37.1. The number of hydrogen-bond donors (Lipinski definition) is 0. The lowest BCUT2D eigenvalue weighted by Crippen LogP contribution is -2.23. The van der Waals surface area contributed by atoms with Gasteiger partial charge in [-0.15, -0.1) is 0 Å². The first-order valence-electron chi connectivity index (χ1n) is 17.9. The largest absolute Gasteiger partial charge is 0.382 e. The summed E-state index contributed by atoms with van der Waals surface area (Å²) in [6, 6.07) is 0. The molecule has 0 fully saturated rings. The maximum Gasteiger partial charge on any atom is 0.0578 e. The molecule has 0 N–H and O–H groups in total. The van der Waals surface area contributed by atoms with Crippen LogP contribution >= 0.6 is 0 Å². The van der Waals surface area contributed by atoms with Crippen molar-refractivity contribution in [2.75, 3.05) is 13.2 Å². The summed E-state index contributed by atoms with van der Waals surface area (Å²) in [6.45, 7) is 14.9. The highest BCUT2D eigenvalue weighted by atomic mass is 16.5. The van der Waals surface area contributed by atoms with Crippen molar-refractivity contribution in [2.45, 2.75) is 221 Å². The Balaban J connectivity index is 0. The molecular formula is C36H76O2. The van der Waals surface area contributed by atoms with E-state index in [-0.39, 0.29) is 0 Å². The second-order valence-corrected chi connectivity index (χ2v) is 11.7. The van der Waals surface area contributed by atoms with E-state index in [1.54, 1.807) is 0 Å². The van der Waals surface area contributed by atoms with Crippen molar-refractivity contribution >= 4 is 0 Å². The number of rotatable bonds is 30. The normalized spacial score (nSPS) is 12.8. The van der Waals surface area contributed by atoms with E-state index >= 15 is 0 Å². The molecule has 2 unspecified atom stereocenters. The second-order valence-electron chi connectivity index (χ2n) is 11.7. The fourth-order valence-corrected chi connectivity index (χ4v) is 5.27. The summed E-state index contributed by atoms with van der Waals surface area (Å²) in [4.78, 5) is 0. The highest BCUT2D eigenvalue weighted by molar-refractivity contribution is 4.66. The average molecular weight is 541 g/mol. The molecule has 0 aromatic heterocycles. The molecule has 0 aliphatic carbocycles. The van der Waals surface area contributed by atoms with Gasteiger partial charge in [0.1, 0.15) is 0 Å². The Morgan fingerprint density at radius 3 is 0.842 bits per heavy atom. The van der Waals surface area contributed by atoms with Gasteiger partial charge in [-0.3, -0.25) is 0 Å². The topological polar surface area (TPSA) is 18.5 Å². The van der Waals surface area contributed by atoms with Crippen molar-refractivity contribution < 1.29 is 9.47 Å². The molecular weight excluding hydrogens is 464 g/mol. The van der Waals surface area contributed by atoms with Crippen molar-refractivity contribution in [3.63, 3.8) is 0 Å². The van der Waals surface area contributed by atoms with E-state index in [1.165, 1.54) is 167 Å². The molecule has 2 atom stereocenters. The van der Waals surface area contributed by atoms with Crippen LogP contribution in [0.4, 0.5) is 0 Å². The van der Waals surface area contributed by atoms with Crippen LogP contribution in [0.3, 0.4) is 0 Å². The Morgan fingerprint density at radius 1 is 0.316 bits per heavy atom. The minimum atomic E-state index is 0.523. The molecule has 0 saturated carbocycles. The van der Waals surface area contributed by atoms with Gasteiger partial charge in [-0.25, -0.2) is 0 Å². The molecule has 0 aliphatic rings. The zero-order valence-corrected chi connectivity index (χ0v) is 27.8. The standard InChI is InChI=1S/C32H66O.C4H10O/c1-5-9-13-15-17-19-21-23-25-29-31(27-11-7-3)33-32(28-12-8-4)30-26-24-22-20-18-16-14-10-6-2;1-3-5-4-2/h31-32H,5-30H2,1-4H3;3-4H2,1-2H3. The van der Waals surface area contributed by atoms with Crippen LogP contribution in [0, 0.1) is 0 Å². The summed E-state index contributed by atoms with van der Waals surface area (Å²) in [5.74, 6) is 0. The van der Waals surface area contributed by atoms with Crippen LogP contribution in [-0.4, -0.2) is 25.4 Å². The first kappa shape index (κ1) is 40.1. The molecule has 0 aromatic rings. The van der Waals surface area contributed by atoms with Crippen molar-refractivity contribution in [1.29, 1.82) is 0 Å². The predicted molar refractivity (Wildman–Crippen MR) is 174 cm³/mol. The van der Waals surface area contributed by atoms with Crippen molar-refractivity contribution in [1.82, 2.24) is 0 Å². The maximum atomic E-state index is 6.80. The van der Waals surface area contributed by atoms with E-state index in [4.69, 9.17) is 9.47 Å². The fraction of sp³-hybridized carbons (Fsp3) is 1.00. The first-order valence-corrected chi connectivity index (χ1v) is 17.9. The van der Waals surface area contributed by atoms with Gasteiger partial charge in [-0.1, -0.05) is 169 Å². The molecule has 0 heterocycles. The third kappa shape index (κ3) is 33.9. The highest BCUT2D eigenvalue weighted by Crippen LogP contribution is 2.22. The van der Waals surface area contributed by atoms with E-state index in [0.29, 0.717) is 12.2 Å². The molecule has 2 nitrogen and oxygen atoms in total. The Labute approximate surface area is 243 Å². The van der Waals surface area contributed by atoms with Gasteiger partial charge in [-0.05, 0) is 39.5 Å². The van der Waals surface area contributed by atoms with Gasteiger partial charge >= 0.3 is 0 Å². The average Bonchev–Trinajstić information content (AvgIpc) is 2.93. The molecule has 0 amide bonds. The van der Waals surface area contributed by atoms with Gasteiger partial charge in [0.15, 0.2) is 0 Å². The molecule has 38 heavy (non-hydrogen) atoms. The monoisotopic (exact) mass is 541 g/mol. The van der Waals surface area contributed by atoms with Gasteiger partial charge in [0, 0.05) is 13.2 Å². The van der Waals surface area contributed by atoms with E-state index in [2.05, 4.69) is 27.7 Å². The molecule has 2 heteroatoms. The lowest BCUT2D eigenvalue weighted by molar-refractivity contribution is -0.0321. The van der Waals surface area contributed by atoms with E-state index in [9.17, 15) is 0 Å². The number of ether oxygens (including phenoxy) is 2. The zero-order chi connectivity index (χ0) is 28.4. The van der Waals surface area contributed by atoms with Crippen molar-refractivity contribution in [3.8, 4) is 0 Å². The zero-order valence-electron chi connectivity index (χ0n) is 27.8. The van der Waals surface area contributed by atoms with Gasteiger partial charge in [-0.2, -0.15) is 0 Å². The summed E-state index contributed by atoms with van der Waals surface area (Å²) in [5.41, 5.74) is 0. The lowest BCUT2D eigenvalue weighted by atomic mass is 10.0. The third-order valence-electron chi connectivity index (χ3n) is 7.81. The summed E-state index contributed by atoms with van der Waals surface area (Å²) in [7, 11) is 0. The first-order chi connectivity index (χ1) is 18.7. The van der Waals surface area contributed by atoms with Crippen LogP contribution < -0.4 is 0 Å². The van der Waals surface area contributed by atoms with Crippen LogP contribution in [0.5, 0.6) is 0 Å². The van der Waals surface area contributed by atoms with E-state index in [1.807, 2.05) is 13.8 Å². The molecule has 0 aliphatic heterocycles. The molecule has 0 radical (unpaired) electrons. The number of unbranched alkanes of at least 4 members (excludes halogenated alkanes) is 18. The van der Waals surface area contributed by atoms with E-state index < -0.39 is 0 Å². The maximum absolute atomic E-state index is 6.80. The van der Waals surface area contributed by atoms with Gasteiger partial charge < -0.3 is 9.47 Å². The third-order valence-corrected chi connectivity index (χ3v) is 7.81. The van der Waals surface area contributed by atoms with Crippen LogP contribution in [-0.2, 0) is 9.47 Å². The van der Waals surface area contributed by atoms with Crippen molar-refractivity contribution in [2.24, 2.45) is 0 Å². The van der Waals surface area contributed by atoms with Crippen LogP contribution in [0.1, 0.15) is 208 Å². The Hall–Kier alpha value is -0.0800. The predicted octanol–water partition coefficient (Wildman–Crippen LogP) is 13.0. The van der Waals surface area contributed by atoms with E-state index in [0.717, 1.165) is 13.2 Å². The SMILES string of the molecule is CCCCCCCCCCCC(CCCC)OC(CCCC)CCCCCCCCCCC.CCOCC. The number of hydrogen-bond acceptors (Lipinski definition) is 2. The summed E-state index contributed by atoms with van der Waals surface area (Å²) in [5, 5.41) is 0. The fourth-order valence-electron chi connectivity index (χ4n) is 5.27. The molecule has 0 aromatic carbocycles. The van der Waals surface area contributed by atoms with Gasteiger partial charge in [0.2, 0.25) is 0 Å². The minimum absolute atomic E-state index is 0.523. The van der Waals surface area contributed by atoms with Crippen molar-refractivity contribution in [3.05, 3.63) is 0 Å². The second kappa shape index (κ2) is 36.9. The Bertz CT molecular complexity index is 350. The molecule has 0 rings (SSSR count). The smallest absolute Gasteiger partial charge is 0.0578 e. The molecule has 0 bridgehead atoms. The van der Waals surface area contributed by atoms with Crippen LogP contribution in [0.2, 0.25) is 0 Å². The highest BCUT2D eigenvalue weighted by Gasteiger charge is 2.16. The minimum Gasteiger partial charge on any atom is -0.382 e. The lowest BCUT2D eigenvalue weighted by Gasteiger charge is -2.25. The van der Waals surface area contributed by atoms with Crippen LogP contribution in [0.25, 0.3) is 0 Å². The summed E-state index contributed by atoms with van der Waals surface area (Å²) >= 11 is 0. The molecule has 232 valence electrons. The van der Waals surface area contributed by atoms with Gasteiger partial charge in [0.25, 0.3) is 0 Å². The molecule has 0 saturated heterocycles. The Kier molecular flexibility index (Phi) is 38.9.